The van der Waals surface area contributed by atoms with E-state index in [4.69, 9.17) is 0 Å². The summed E-state index contributed by atoms with van der Waals surface area (Å²) in [6.45, 7) is 4.59. The number of Topliss-reactive ketones (excluding diaryl/α,β-unsaturated/α-hetero) is 1. The third-order valence-corrected chi connectivity index (χ3v) is 9.99. The van der Waals surface area contributed by atoms with E-state index in [-0.39, 0.29) is 11.3 Å². The highest BCUT2D eigenvalue weighted by Crippen LogP contribution is 2.64. The predicted octanol–water partition coefficient (Wildman–Crippen LogP) is 6.00. The van der Waals surface area contributed by atoms with Crippen molar-refractivity contribution in [2.24, 2.45) is 23.2 Å². The van der Waals surface area contributed by atoms with E-state index in [0.29, 0.717) is 42.5 Å². The molecule has 0 unspecified atom stereocenters. The van der Waals surface area contributed by atoms with Crippen LogP contribution in [0.2, 0.25) is 0 Å². The van der Waals surface area contributed by atoms with E-state index in [2.05, 4.69) is 38.1 Å². The van der Waals surface area contributed by atoms with Crippen LogP contribution in [0.15, 0.2) is 60.7 Å². The van der Waals surface area contributed by atoms with Crippen LogP contribution in [0.5, 0.6) is 0 Å². The monoisotopic (exact) mass is 380 g/mol. The summed E-state index contributed by atoms with van der Waals surface area (Å²) in [6.07, 6.45) is 3.56. The Morgan fingerprint density at radius 2 is 1.44 bits per heavy atom. The first kappa shape index (κ1) is 18.7. The lowest BCUT2D eigenvalue weighted by Crippen LogP contribution is -2.56. The summed E-state index contributed by atoms with van der Waals surface area (Å²) in [5.41, 5.74) is 2.46. The maximum absolute atomic E-state index is 14.2. The fourth-order valence-corrected chi connectivity index (χ4v) is 8.61. The Labute approximate surface area is 162 Å². The predicted molar refractivity (Wildman–Crippen MR) is 111 cm³/mol. The highest BCUT2D eigenvalue weighted by molar-refractivity contribution is 7.62. The minimum Gasteiger partial charge on any atom is -0.323 e. The maximum Gasteiger partial charge on any atom is 0.137 e. The Hall–Kier alpha value is -1.66. The number of rotatable bonds is 6. The number of hydrogen-bond acceptors (Lipinski definition) is 2. The van der Waals surface area contributed by atoms with Gasteiger partial charge >= 0.3 is 0 Å². The molecule has 0 heterocycles. The first-order valence-electron chi connectivity index (χ1n) is 10.0. The van der Waals surface area contributed by atoms with Crippen LogP contribution < -0.4 is 0 Å². The average Bonchev–Trinajstić information content (AvgIpc) is 2.64. The quantitative estimate of drug-likeness (QED) is 0.576. The van der Waals surface area contributed by atoms with Gasteiger partial charge in [-0.05, 0) is 34.8 Å². The first-order chi connectivity index (χ1) is 12.9. The lowest BCUT2D eigenvalue weighted by atomic mass is 9.45. The molecule has 2 aromatic carbocycles. The maximum atomic E-state index is 14.2. The van der Waals surface area contributed by atoms with E-state index in [0.717, 1.165) is 17.5 Å². The van der Waals surface area contributed by atoms with E-state index < -0.39 is 7.14 Å². The van der Waals surface area contributed by atoms with Crippen LogP contribution in [-0.4, -0.2) is 11.9 Å². The number of ketones is 1. The Balaban J connectivity index is 1.61. The molecule has 0 spiro atoms. The van der Waals surface area contributed by atoms with Crippen LogP contribution in [0, 0.1) is 23.2 Å². The lowest BCUT2D eigenvalue weighted by Gasteiger charge is -2.59. The molecule has 27 heavy (non-hydrogen) atoms. The van der Waals surface area contributed by atoms with Gasteiger partial charge in [-0.15, -0.1) is 0 Å². The molecule has 142 valence electrons. The third kappa shape index (κ3) is 3.69. The zero-order chi connectivity index (χ0) is 19.1. The van der Waals surface area contributed by atoms with E-state index in [1.54, 1.807) is 0 Å². The van der Waals surface area contributed by atoms with Gasteiger partial charge in [0.2, 0.25) is 0 Å². The standard InChI is InChI=1S/C24H29O2P/c1-24(2)20-13-22(24)21(23(25)14-20)17-27(26,15-18-9-5-3-6-10-18)16-19-11-7-4-8-12-19/h3-12,20-22H,13-17H2,1-2H3/t20-,21+,22-/m1/s1. The molecule has 0 radical (unpaired) electrons. The second-order valence-corrected chi connectivity index (χ2v) is 12.3. The Morgan fingerprint density at radius 3 is 1.93 bits per heavy atom. The number of carbonyl (C=O) groups is 1. The normalized spacial score (nSPS) is 26.4. The van der Waals surface area contributed by atoms with Crippen molar-refractivity contribution in [3.8, 4) is 0 Å². The molecule has 0 amide bonds. The van der Waals surface area contributed by atoms with Crippen molar-refractivity contribution in [2.75, 3.05) is 6.16 Å². The third-order valence-electron chi connectivity index (χ3n) is 7.05. The number of benzene rings is 2. The van der Waals surface area contributed by atoms with Crippen molar-refractivity contribution in [3.63, 3.8) is 0 Å². The van der Waals surface area contributed by atoms with E-state index in [1.807, 2.05) is 36.4 Å². The summed E-state index contributed by atoms with van der Waals surface area (Å²) < 4.78 is 14.2. The molecule has 3 fully saturated rings. The molecular weight excluding hydrogens is 351 g/mol. The summed E-state index contributed by atoms with van der Waals surface area (Å²) in [4.78, 5) is 12.8. The van der Waals surface area contributed by atoms with Gasteiger partial charge in [0, 0.05) is 30.8 Å². The minimum atomic E-state index is -2.56. The molecule has 0 aromatic heterocycles. The van der Waals surface area contributed by atoms with Gasteiger partial charge in [0.1, 0.15) is 5.78 Å². The van der Waals surface area contributed by atoms with Gasteiger partial charge in [-0.3, -0.25) is 4.79 Å². The van der Waals surface area contributed by atoms with Crippen LogP contribution in [0.4, 0.5) is 0 Å². The molecule has 5 rings (SSSR count). The fraction of sp³-hybridized carbons (Fsp3) is 0.458. The largest absolute Gasteiger partial charge is 0.323 e. The van der Waals surface area contributed by atoms with Crippen molar-refractivity contribution >= 4 is 12.9 Å². The molecule has 3 atom stereocenters. The molecule has 0 saturated heterocycles. The molecule has 0 aliphatic heterocycles. The summed E-state index contributed by atoms with van der Waals surface area (Å²) in [5, 5.41) is 0. The van der Waals surface area contributed by atoms with Gasteiger partial charge in [-0.2, -0.15) is 0 Å². The summed E-state index contributed by atoms with van der Waals surface area (Å²) >= 11 is 0. The van der Waals surface area contributed by atoms with Crippen molar-refractivity contribution in [2.45, 2.75) is 39.0 Å². The minimum absolute atomic E-state index is 0.0248. The van der Waals surface area contributed by atoms with Gasteiger partial charge in [-0.1, -0.05) is 74.5 Å². The average molecular weight is 380 g/mol. The van der Waals surface area contributed by atoms with Crippen molar-refractivity contribution in [3.05, 3.63) is 71.8 Å². The highest BCUT2D eigenvalue weighted by atomic mass is 31.2. The fourth-order valence-electron chi connectivity index (χ4n) is 5.31. The Kier molecular flexibility index (Phi) is 4.89. The second kappa shape index (κ2) is 7.06. The SMILES string of the molecule is CC1(C)[C@H]2CC(=O)[C@@H](CP(=O)(Cc3ccccc3)Cc3ccccc3)[C@H]1C2. The van der Waals surface area contributed by atoms with Gasteiger partial charge < -0.3 is 4.57 Å². The molecular formula is C24H29O2P. The number of hydrogen-bond donors (Lipinski definition) is 0. The summed E-state index contributed by atoms with van der Waals surface area (Å²) in [7, 11) is -2.56. The molecule has 3 heteroatoms. The number of fused-ring (bicyclic) bond motifs is 2. The molecule has 2 nitrogen and oxygen atoms in total. The Bertz CT molecular complexity index is 811. The van der Waals surface area contributed by atoms with E-state index in [1.165, 1.54) is 0 Å². The Morgan fingerprint density at radius 1 is 0.926 bits per heavy atom. The smallest absolute Gasteiger partial charge is 0.137 e. The topological polar surface area (TPSA) is 34.1 Å². The van der Waals surface area contributed by atoms with E-state index in [9.17, 15) is 9.36 Å². The van der Waals surface area contributed by atoms with Crippen LogP contribution in [0.1, 0.15) is 37.8 Å². The number of carbonyl (C=O) groups excluding carboxylic acids is 1. The zero-order valence-corrected chi connectivity index (χ0v) is 17.2. The van der Waals surface area contributed by atoms with Gasteiger partial charge in [-0.25, -0.2) is 0 Å². The van der Waals surface area contributed by atoms with Gasteiger partial charge in [0.15, 0.2) is 0 Å². The zero-order valence-electron chi connectivity index (χ0n) is 16.3. The molecule has 2 bridgehead atoms. The molecule has 3 saturated carbocycles. The molecule has 0 N–H and O–H groups in total. The van der Waals surface area contributed by atoms with Crippen LogP contribution in [-0.2, 0) is 21.7 Å². The van der Waals surface area contributed by atoms with Gasteiger partial charge in [0.05, 0.1) is 7.14 Å². The van der Waals surface area contributed by atoms with Crippen LogP contribution >= 0.6 is 7.14 Å². The second-order valence-electron chi connectivity index (χ2n) is 9.17. The van der Waals surface area contributed by atoms with Gasteiger partial charge in [0.25, 0.3) is 0 Å². The van der Waals surface area contributed by atoms with Crippen molar-refractivity contribution < 1.29 is 9.36 Å². The van der Waals surface area contributed by atoms with Crippen LogP contribution in [0.25, 0.3) is 0 Å². The van der Waals surface area contributed by atoms with E-state index >= 15 is 0 Å². The molecule has 3 aliphatic carbocycles. The van der Waals surface area contributed by atoms with Crippen molar-refractivity contribution in [1.82, 2.24) is 0 Å². The van der Waals surface area contributed by atoms with Crippen molar-refractivity contribution in [1.29, 1.82) is 0 Å². The molecule has 2 aromatic rings. The summed E-state index contributed by atoms with van der Waals surface area (Å²) in [6, 6.07) is 20.3. The molecule has 3 aliphatic rings. The summed E-state index contributed by atoms with van der Waals surface area (Å²) in [5.74, 6) is 1.28. The highest BCUT2D eigenvalue weighted by Gasteiger charge is 2.58. The lowest BCUT2D eigenvalue weighted by molar-refractivity contribution is -0.152. The first-order valence-corrected chi connectivity index (χ1v) is 12.3. The van der Waals surface area contributed by atoms with Crippen LogP contribution in [0.3, 0.4) is 0 Å².